The normalized spacial score (nSPS) is 10.4. The van der Waals surface area contributed by atoms with Crippen LogP contribution in [0.15, 0.2) is 156 Å². The van der Waals surface area contributed by atoms with E-state index >= 15 is 0 Å². The van der Waals surface area contributed by atoms with E-state index in [2.05, 4.69) is 85.1 Å². The summed E-state index contributed by atoms with van der Waals surface area (Å²) in [4.78, 5) is 78.0. The summed E-state index contributed by atoms with van der Waals surface area (Å²) in [5.41, 5.74) is 11.3. The van der Waals surface area contributed by atoms with Crippen LogP contribution in [0.1, 0.15) is 76.0 Å². The van der Waals surface area contributed by atoms with Crippen molar-refractivity contribution in [3.63, 3.8) is 0 Å². The molecule has 0 saturated carbocycles. The first-order valence-electron chi connectivity index (χ1n) is 25.8. The molecule has 0 aliphatic rings. The number of carbonyl (C=O) groups is 3. The quantitative estimate of drug-likeness (QED) is 0.0638. The van der Waals surface area contributed by atoms with E-state index in [0.29, 0.717) is 61.7 Å². The molecular formula is C62H58Br4F4N8O9. The molecule has 0 unspecified atom stereocenters. The third kappa shape index (κ3) is 16.9. The molecule has 9 rings (SSSR count). The minimum Gasteiger partial charge on any atom is -0.506 e. The summed E-state index contributed by atoms with van der Waals surface area (Å²) >= 11 is 12.5. The highest BCUT2D eigenvalue weighted by atomic mass is 79.9. The highest BCUT2D eigenvalue weighted by Crippen LogP contribution is 2.29. The maximum Gasteiger partial charge on any atom is 0.273 e. The number of hydrogen-bond acceptors (Lipinski definition) is 11. The van der Waals surface area contributed by atoms with Gasteiger partial charge in [0.15, 0.2) is 0 Å². The maximum absolute atomic E-state index is 13.8. The monoisotopic (exact) mass is 1450 g/mol. The molecule has 87 heavy (non-hydrogen) atoms. The van der Waals surface area contributed by atoms with Crippen LogP contribution in [0.3, 0.4) is 0 Å². The van der Waals surface area contributed by atoms with Crippen LogP contribution < -0.4 is 37.8 Å². The molecule has 9 aromatic rings. The number of halogens is 8. The second-order valence-corrected chi connectivity index (χ2v) is 21.6. The summed E-state index contributed by atoms with van der Waals surface area (Å²) in [5, 5.41) is 25.0. The highest BCUT2D eigenvalue weighted by Gasteiger charge is 2.20. The highest BCUT2D eigenvalue weighted by molar-refractivity contribution is 9.11. The minimum absolute atomic E-state index is 0.0823. The van der Waals surface area contributed by atoms with Gasteiger partial charge in [-0.3, -0.25) is 47.0 Å². The Labute approximate surface area is 530 Å². The van der Waals surface area contributed by atoms with E-state index in [1.54, 1.807) is 94.7 Å². The van der Waals surface area contributed by atoms with Crippen molar-refractivity contribution in [3.05, 3.63) is 257 Å². The second-order valence-electron chi connectivity index (χ2n) is 18.7. The minimum atomic E-state index is -0.724. The van der Waals surface area contributed by atoms with Crippen LogP contribution in [0, 0.1) is 64.8 Å². The van der Waals surface area contributed by atoms with Crippen LogP contribution in [0.5, 0.6) is 17.2 Å². The lowest BCUT2D eigenvalue weighted by atomic mass is 10.1. The number of amides is 2. The Balaban J connectivity index is 0.000000220. The van der Waals surface area contributed by atoms with Crippen LogP contribution in [0.2, 0.25) is 0 Å². The summed E-state index contributed by atoms with van der Waals surface area (Å²) in [5.74, 6) is -3.15. The van der Waals surface area contributed by atoms with Crippen LogP contribution in [0.4, 0.5) is 17.6 Å². The molecule has 5 aromatic carbocycles. The zero-order chi connectivity index (χ0) is 64.7. The topological polar surface area (TPSA) is 235 Å². The lowest BCUT2D eigenvalue weighted by Gasteiger charge is -2.17. The van der Waals surface area contributed by atoms with Crippen molar-refractivity contribution in [3.8, 4) is 34.3 Å². The molecule has 17 nitrogen and oxygen atoms in total. The van der Waals surface area contributed by atoms with Gasteiger partial charge >= 0.3 is 0 Å². The van der Waals surface area contributed by atoms with Crippen molar-refractivity contribution in [1.82, 2.24) is 33.9 Å². The van der Waals surface area contributed by atoms with E-state index in [-0.39, 0.29) is 77.2 Å². The number of aromatic hydroxyl groups is 2. The smallest absolute Gasteiger partial charge is 0.273 e. The van der Waals surface area contributed by atoms with E-state index < -0.39 is 23.3 Å². The predicted molar refractivity (Wildman–Crippen MR) is 339 cm³/mol. The first-order chi connectivity index (χ1) is 41.2. The van der Waals surface area contributed by atoms with Gasteiger partial charge in [-0.25, -0.2) is 22.5 Å². The van der Waals surface area contributed by atoms with Gasteiger partial charge in [0.25, 0.3) is 34.4 Å². The fraction of sp³-hybridized carbons (Fsp3) is 0.177. The largest absolute Gasteiger partial charge is 0.506 e. The predicted octanol–water partition coefficient (Wildman–Crippen LogP) is 12.0. The van der Waals surface area contributed by atoms with Crippen molar-refractivity contribution < 1.29 is 46.9 Å². The van der Waals surface area contributed by atoms with Gasteiger partial charge in [0.1, 0.15) is 66.9 Å². The number of rotatable bonds is 10. The Morgan fingerprint density at radius 3 is 1.33 bits per heavy atom. The van der Waals surface area contributed by atoms with E-state index in [0.717, 1.165) is 34.9 Å². The van der Waals surface area contributed by atoms with Crippen LogP contribution in [-0.2, 0) is 11.9 Å². The fourth-order valence-electron chi connectivity index (χ4n) is 8.28. The lowest BCUT2D eigenvalue weighted by molar-refractivity contribution is 0.0952. The SMILES string of the molecule is CN.CNC(=O)c1ccc(C)c(-n2c(C)cc(O)c(Br)c2=O)c1.CNC(=O)c1ccc(C)c(-n2c(C)cc(OCc3ccc(F)cc3F)c(Br)c2=O)c1.Cc1ccc(C(=O)n2ccnc2)cc1-n1c(C)cc(O)c(Br)c1=O.Fc1ccc(CBr)c(F)c1. The number of imidazole rings is 1. The summed E-state index contributed by atoms with van der Waals surface area (Å²) in [6.45, 7) is 10.6. The van der Waals surface area contributed by atoms with E-state index in [9.17, 15) is 56.5 Å². The number of carbonyl (C=O) groups excluding carboxylic acids is 3. The number of pyridine rings is 3. The van der Waals surface area contributed by atoms with E-state index in [4.69, 9.17) is 4.74 Å². The molecule has 4 aromatic heterocycles. The van der Waals surface area contributed by atoms with Crippen LogP contribution in [-0.4, -0.2) is 72.3 Å². The molecule has 0 fully saturated rings. The Hall–Kier alpha value is -8.23. The van der Waals surface area contributed by atoms with Crippen molar-refractivity contribution in [1.29, 1.82) is 0 Å². The number of benzene rings is 5. The number of alkyl halides is 1. The third-order valence-electron chi connectivity index (χ3n) is 12.8. The summed E-state index contributed by atoms with van der Waals surface area (Å²) < 4.78 is 63.4. The van der Waals surface area contributed by atoms with Crippen molar-refractivity contribution >= 4 is 81.4 Å². The second kappa shape index (κ2) is 31.4. The van der Waals surface area contributed by atoms with Gasteiger partial charge in [-0.2, -0.15) is 0 Å². The molecule has 0 bridgehead atoms. The molecule has 4 heterocycles. The van der Waals surface area contributed by atoms with Crippen LogP contribution >= 0.6 is 63.7 Å². The standard InChI is InChI=1S/C22H19BrF2N2O3.C17H14BrN3O3.C15H15BrN2O3.C7H5BrF2.CH5N/c1-12-4-5-14(21(28)26-3)9-18(12)27-13(2)8-19(20(23)22(27)29)30-11-15-6-7-16(24)10-17(15)25;1-10-3-4-12(16(23)20-6-5-19-9-20)8-13(10)21-11(2)7-14(22)15(18)17(21)24;1-8-4-5-10(14(20)17-3)7-11(8)18-9(2)6-12(19)13(16)15(18)21;8-4-5-1-2-6(9)3-7(5)10;1-2/h4-10H,11H2,1-3H3,(H,26,28);3-9,22H,1-2H3;4-7,19H,1-3H3,(H,17,20);1-3H,4H2;2H2,1H3. The lowest BCUT2D eigenvalue weighted by Crippen LogP contribution is -2.24. The third-order valence-corrected chi connectivity index (χ3v) is 15.6. The van der Waals surface area contributed by atoms with E-state index in [1.165, 1.54) is 75.2 Å². The molecule has 0 atom stereocenters. The van der Waals surface area contributed by atoms with Crippen LogP contribution in [0.25, 0.3) is 17.1 Å². The first-order valence-corrected chi connectivity index (χ1v) is 29.3. The zero-order valence-electron chi connectivity index (χ0n) is 48.1. The molecule has 0 saturated heterocycles. The van der Waals surface area contributed by atoms with Crippen molar-refractivity contribution in [2.45, 2.75) is 53.5 Å². The number of ether oxygens (including phenoxy) is 1. The van der Waals surface area contributed by atoms with Gasteiger partial charge in [0, 0.05) is 101 Å². The van der Waals surface area contributed by atoms with Gasteiger partial charge in [0.2, 0.25) is 0 Å². The zero-order valence-corrected chi connectivity index (χ0v) is 54.5. The molecule has 6 N–H and O–H groups in total. The summed E-state index contributed by atoms with van der Waals surface area (Å²) in [6.07, 6.45) is 4.52. The van der Waals surface area contributed by atoms with Gasteiger partial charge in [-0.1, -0.05) is 40.2 Å². The molecule has 0 radical (unpaired) electrons. The Morgan fingerprint density at radius 2 is 0.943 bits per heavy atom. The summed E-state index contributed by atoms with van der Waals surface area (Å²) in [6, 6.07) is 26.8. The molecule has 0 spiro atoms. The molecule has 0 aliphatic heterocycles. The van der Waals surface area contributed by atoms with Gasteiger partial charge in [-0.05, 0) is 173 Å². The Bertz CT molecular complexity index is 4220. The number of nitrogens with zero attached hydrogens (tertiary/aromatic N) is 5. The summed E-state index contributed by atoms with van der Waals surface area (Å²) in [7, 11) is 4.59. The maximum atomic E-state index is 13.8. The van der Waals surface area contributed by atoms with Gasteiger partial charge < -0.3 is 31.3 Å². The number of aryl methyl sites for hydroxylation is 6. The van der Waals surface area contributed by atoms with Gasteiger partial charge in [0.05, 0.1) is 17.1 Å². The molecule has 25 heteroatoms. The van der Waals surface area contributed by atoms with Crippen molar-refractivity contribution in [2.24, 2.45) is 5.73 Å². The van der Waals surface area contributed by atoms with E-state index in [1.807, 2.05) is 20.8 Å². The molecule has 2 amide bonds. The average Bonchev–Trinajstić information content (AvgIpc) is 1.65. The fourth-order valence-corrected chi connectivity index (χ4v) is 9.72. The van der Waals surface area contributed by atoms with Crippen molar-refractivity contribution in [2.75, 3.05) is 21.1 Å². The van der Waals surface area contributed by atoms with Gasteiger partial charge in [-0.15, -0.1) is 0 Å². The molecular weight excluding hydrogens is 1400 g/mol. The first kappa shape index (κ1) is 69.5. The number of nitrogens with two attached hydrogens (primary N) is 1. The Kier molecular flexibility index (Phi) is 25.1. The number of aromatic nitrogens is 5. The Morgan fingerprint density at radius 1 is 0.552 bits per heavy atom. The number of nitrogens with one attached hydrogen (secondary N) is 2. The average molecular weight is 1450 g/mol. The molecule has 0 aliphatic carbocycles. The number of hydrogen-bond donors (Lipinski definition) is 5. The molecule has 456 valence electrons.